The molecule has 0 saturated heterocycles. The standard InChI is InChI=1S/C22H26N2O5S/c1-13(25)19(23)11-28-21(26)20(12-30)24-22(27)29-10-18-16-8-4-2-6-14(16)15-7-3-5-9-17(15)18/h2-9,13,18-20,25,30H,10-12,23H2,1H3,(H,24,27)/t13?,19-,20?/m1/s1. The molecule has 7 nitrogen and oxygen atoms in total. The quantitative estimate of drug-likeness (QED) is 0.377. The highest BCUT2D eigenvalue weighted by molar-refractivity contribution is 7.80. The molecule has 160 valence electrons. The number of ether oxygens (including phenoxy) is 2. The van der Waals surface area contributed by atoms with Crippen molar-refractivity contribution in [2.75, 3.05) is 19.0 Å². The summed E-state index contributed by atoms with van der Waals surface area (Å²) in [4.78, 5) is 24.5. The number of fused-ring (bicyclic) bond motifs is 3. The number of nitrogens with two attached hydrogens (primary N) is 1. The van der Waals surface area contributed by atoms with Crippen LogP contribution in [0, 0.1) is 0 Å². The molecular weight excluding hydrogens is 404 g/mol. The predicted molar refractivity (Wildman–Crippen MR) is 116 cm³/mol. The van der Waals surface area contributed by atoms with Crippen LogP contribution in [0.1, 0.15) is 24.0 Å². The van der Waals surface area contributed by atoms with Gasteiger partial charge in [0, 0.05) is 11.7 Å². The smallest absolute Gasteiger partial charge is 0.407 e. The van der Waals surface area contributed by atoms with Gasteiger partial charge in [-0.2, -0.15) is 12.6 Å². The monoisotopic (exact) mass is 430 g/mol. The van der Waals surface area contributed by atoms with Crippen LogP contribution in [-0.4, -0.2) is 54.3 Å². The Balaban J connectivity index is 1.58. The van der Waals surface area contributed by atoms with Crippen LogP contribution in [-0.2, 0) is 14.3 Å². The lowest BCUT2D eigenvalue weighted by atomic mass is 9.98. The highest BCUT2D eigenvalue weighted by Gasteiger charge is 2.30. The Hall–Kier alpha value is -2.55. The molecule has 0 aliphatic heterocycles. The summed E-state index contributed by atoms with van der Waals surface area (Å²) in [5.74, 6) is -0.726. The first-order valence-corrected chi connectivity index (χ1v) is 10.4. The van der Waals surface area contributed by atoms with Crippen LogP contribution < -0.4 is 11.1 Å². The second kappa shape index (κ2) is 9.97. The first-order chi connectivity index (χ1) is 14.4. The van der Waals surface area contributed by atoms with Gasteiger partial charge < -0.3 is 25.6 Å². The third-order valence-corrected chi connectivity index (χ3v) is 5.51. The van der Waals surface area contributed by atoms with Gasteiger partial charge in [0.1, 0.15) is 19.3 Å². The number of esters is 1. The number of hydrogen-bond acceptors (Lipinski definition) is 7. The van der Waals surface area contributed by atoms with E-state index >= 15 is 0 Å². The van der Waals surface area contributed by atoms with Gasteiger partial charge in [-0.15, -0.1) is 0 Å². The second-order valence-corrected chi connectivity index (χ2v) is 7.60. The van der Waals surface area contributed by atoms with E-state index in [1.165, 1.54) is 6.92 Å². The molecule has 2 unspecified atom stereocenters. The summed E-state index contributed by atoms with van der Waals surface area (Å²) in [6, 6.07) is 14.4. The third-order valence-electron chi connectivity index (χ3n) is 5.14. The maximum Gasteiger partial charge on any atom is 0.407 e. The van der Waals surface area contributed by atoms with Crippen LogP contribution in [0.15, 0.2) is 48.5 Å². The summed E-state index contributed by atoms with van der Waals surface area (Å²) in [5.41, 5.74) is 10.1. The molecule has 0 aromatic heterocycles. The molecule has 1 aliphatic rings. The number of rotatable bonds is 8. The van der Waals surface area contributed by atoms with Crippen molar-refractivity contribution < 1.29 is 24.2 Å². The topological polar surface area (TPSA) is 111 Å². The van der Waals surface area contributed by atoms with E-state index in [-0.39, 0.29) is 24.9 Å². The average Bonchev–Trinajstić information content (AvgIpc) is 3.07. The van der Waals surface area contributed by atoms with Crippen molar-refractivity contribution in [3.05, 3.63) is 59.7 Å². The molecule has 2 aromatic rings. The van der Waals surface area contributed by atoms with Crippen LogP contribution in [0.2, 0.25) is 0 Å². The molecule has 1 amide bonds. The van der Waals surface area contributed by atoms with Crippen molar-refractivity contribution in [2.45, 2.75) is 31.0 Å². The van der Waals surface area contributed by atoms with Gasteiger partial charge in [0.15, 0.2) is 0 Å². The number of amides is 1. The molecular formula is C22H26N2O5S. The number of nitrogens with one attached hydrogen (secondary N) is 1. The molecule has 3 atom stereocenters. The molecule has 2 aromatic carbocycles. The Morgan fingerprint density at radius 1 is 1.10 bits per heavy atom. The summed E-state index contributed by atoms with van der Waals surface area (Å²) >= 11 is 4.09. The van der Waals surface area contributed by atoms with Crippen LogP contribution in [0.25, 0.3) is 11.1 Å². The van der Waals surface area contributed by atoms with Crippen molar-refractivity contribution in [3.8, 4) is 11.1 Å². The maximum absolute atomic E-state index is 12.3. The number of hydrogen-bond donors (Lipinski definition) is 4. The lowest BCUT2D eigenvalue weighted by Gasteiger charge is -2.19. The summed E-state index contributed by atoms with van der Waals surface area (Å²) < 4.78 is 10.5. The van der Waals surface area contributed by atoms with E-state index in [1.807, 2.05) is 36.4 Å². The molecule has 0 radical (unpaired) electrons. The van der Waals surface area contributed by atoms with Crippen molar-refractivity contribution in [1.29, 1.82) is 0 Å². The number of carbonyl (C=O) groups is 2. The van der Waals surface area contributed by atoms with Crippen molar-refractivity contribution in [3.63, 3.8) is 0 Å². The summed E-state index contributed by atoms with van der Waals surface area (Å²) in [7, 11) is 0. The van der Waals surface area contributed by atoms with Gasteiger partial charge in [0.25, 0.3) is 0 Å². The predicted octanol–water partition coefficient (Wildman–Crippen LogP) is 2.07. The maximum atomic E-state index is 12.3. The minimum Gasteiger partial charge on any atom is -0.462 e. The number of aliphatic hydroxyl groups is 1. The lowest BCUT2D eigenvalue weighted by molar-refractivity contribution is -0.146. The second-order valence-electron chi connectivity index (χ2n) is 7.24. The van der Waals surface area contributed by atoms with Crippen molar-refractivity contribution in [2.24, 2.45) is 5.73 Å². The molecule has 8 heteroatoms. The zero-order chi connectivity index (χ0) is 21.7. The van der Waals surface area contributed by atoms with Gasteiger partial charge in [-0.25, -0.2) is 9.59 Å². The summed E-state index contributed by atoms with van der Waals surface area (Å²) in [6.45, 7) is 1.48. The highest BCUT2D eigenvalue weighted by Crippen LogP contribution is 2.44. The summed E-state index contributed by atoms with van der Waals surface area (Å²) in [5, 5.41) is 11.8. The fourth-order valence-corrected chi connectivity index (χ4v) is 3.62. The van der Waals surface area contributed by atoms with Crippen LogP contribution >= 0.6 is 12.6 Å². The zero-order valence-corrected chi connectivity index (χ0v) is 17.5. The van der Waals surface area contributed by atoms with E-state index in [4.69, 9.17) is 15.2 Å². The van der Waals surface area contributed by atoms with Gasteiger partial charge in [-0.1, -0.05) is 48.5 Å². The minimum atomic E-state index is -0.981. The number of benzene rings is 2. The zero-order valence-electron chi connectivity index (χ0n) is 16.7. The number of aliphatic hydroxyl groups excluding tert-OH is 1. The Bertz CT molecular complexity index is 859. The average molecular weight is 431 g/mol. The fraction of sp³-hybridized carbons (Fsp3) is 0.364. The molecule has 30 heavy (non-hydrogen) atoms. The van der Waals surface area contributed by atoms with Crippen molar-refractivity contribution in [1.82, 2.24) is 5.32 Å². The van der Waals surface area contributed by atoms with E-state index in [0.717, 1.165) is 22.3 Å². The molecule has 3 rings (SSSR count). The van der Waals surface area contributed by atoms with Gasteiger partial charge in [-0.3, -0.25) is 0 Å². The van der Waals surface area contributed by atoms with Crippen LogP contribution in [0.5, 0.6) is 0 Å². The minimum absolute atomic E-state index is 0.0347. The molecule has 4 N–H and O–H groups in total. The Kier molecular flexibility index (Phi) is 7.36. The SMILES string of the molecule is CC(O)[C@H](N)COC(=O)C(CS)NC(=O)OCC1c2ccccc2-c2ccccc21. The molecule has 0 heterocycles. The normalized spacial score (nSPS) is 15.5. The fourth-order valence-electron chi connectivity index (χ4n) is 3.38. The number of thiol groups is 1. The van der Waals surface area contributed by atoms with E-state index in [0.29, 0.717) is 0 Å². The molecule has 0 bridgehead atoms. The summed E-state index contributed by atoms with van der Waals surface area (Å²) in [6.07, 6.45) is -1.55. The largest absolute Gasteiger partial charge is 0.462 e. The Morgan fingerprint density at radius 3 is 2.20 bits per heavy atom. The highest BCUT2D eigenvalue weighted by atomic mass is 32.1. The Morgan fingerprint density at radius 2 is 1.67 bits per heavy atom. The first-order valence-electron chi connectivity index (χ1n) is 9.75. The van der Waals surface area contributed by atoms with Gasteiger partial charge in [0.2, 0.25) is 0 Å². The van der Waals surface area contributed by atoms with Crippen molar-refractivity contribution >= 4 is 24.7 Å². The van der Waals surface area contributed by atoms with E-state index in [1.54, 1.807) is 0 Å². The molecule has 0 spiro atoms. The van der Waals surface area contributed by atoms with Gasteiger partial charge in [-0.05, 0) is 29.2 Å². The molecule has 0 saturated carbocycles. The molecule has 0 fully saturated rings. The van der Waals surface area contributed by atoms with E-state index < -0.39 is 30.3 Å². The number of carbonyl (C=O) groups excluding carboxylic acids is 2. The van der Waals surface area contributed by atoms with Gasteiger partial charge in [0.05, 0.1) is 12.1 Å². The number of alkyl carbamates (subject to hydrolysis) is 1. The molecule has 1 aliphatic carbocycles. The van der Waals surface area contributed by atoms with E-state index in [2.05, 4.69) is 30.1 Å². The first kappa shape index (κ1) is 22.1. The van der Waals surface area contributed by atoms with Crippen LogP contribution in [0.4, 0.5) is 4.79 Å². The van der Waals surface area contributed by atoms with Gasteiger partial charge >= 0.3 is 12.1 Å². The Labute approximate surface area is 181 Å². The van der Waals surface area contributed by atoms with Crippen LogP contribution in [0.3, 0.4) is 0 Å². The lowest BCUT2D eigenvalue weighted by Crippen LogP contribution is -2.46. The van der Waals surface area contributed by atoms with E-state index in [9.17, 15) is 14.7 Å². The third kappa shape index (κ3) is 4.95.